The molecular formula is C24H39N5O9. The third-order valence-corrected chi connectivity index (χ3v) is 6.04. The maximum absolute atomic E-state index is 12.1. The number of nitrogens with two attached hydrogens (primary N) is 1. The first-order valence-corrected chi connectivity index (χ1v) is 12.1. The van der Waals surface area contributed by atoms with Crippen LogP contribution in [0.25, 0.3) is 0 Å². The number of hydrogen-bond donors (Lipinski definition) is 5. The number of nitrogen functional groups attached to an aromatic ring is 1. The van der Waals surface area contributed by atoms with E-state index in [1.807, 2.05) is 6.79 Å². The van der Waals surface area contributed by atoms with Crippen molar-refractivity contribution >= 4 is 30.4 Å². The van der Waals surface area contributed by atoms with Crippen LogP contribution in [0, 0.1) is 0 Å². The molecule has 0 aliphatic carbocycles. The van der Waals surface area contributed by atoms with Crippen molar-refractivity contribution in [3.63, 3.8) is 0 Å². The third kappa shape index (κ3) is 12.9. The van der Waals surface area contributed by atoms with Crippen molar-refractivity contribution in [1.82, 2.24) is 19.6 Å². The highest BCUT2D eigenvalue weighted by Gasteiger charge is 2.28. The molecule has 1 aliphatic rings. The molecule has 1 aromatic rings. The number of nitrogens with zero attached hydrogens (tertiary/aromatic N) is 4. The molecule has 1 atom stereocenters. The standard InChI is InChI=1S/C23H37N5O8.CH2O/c24-19-3-1-18(2-4-19)15-36-16-20(23(34)35)28-11-9-26(14-22(32)33)6-5-25(13-21(30)31)7-8-27(17-29)10-12-28;1-2/h1-4,20,29H,5-17,24H2,(H,30,31)(H,32,33)(H,34,35);1H2. The van der Waals surface area contributed by atoms with Crippen LogP contribution < -0.4 is 5.73 Å². The van der Waals surface area contributed by atoms with Crippen LogP contribution in [0.3, 0.4) is 0 Å². The van der Waals surface area contributed by atoms with E-state index >= 15 is 0 Å². The Morgan fingerprint density at radius 3 is 1.71 bits per heavy atom. The maximum Gasteiger partial charge on any atom is 0.323 e. The van der Waals surface area contributed by atoms with E-state index in [2.05, 4.69) is 0 Å². The first-order valence-electron chi connectivity index (χ1n) is 12.1. The Labute approximate surface area is 221 Å². The Morgan fingerprint density at radius 2 is 1.26 bits per heavy atom. The van der Waals surface area contributed by atoms with Crippen molar-refractivity contribution in [1.29, 1.82) is 0 Å². The van der Waals surface area contributed by atoms with Gasteiger partial charge in [-0.3, -0.25) is 34.0 Å². The summed E-state index contributed by atoms with van der Waals surface area (Å²) in [6.45, 7) is 3.97. The number of ether oxygens (including phenoxy) is 1. The second-order valence-corrected chi connectivity index (χ2v) is 8.75. The molecule has 2 rings (SSSR count). The molecule has 1 heterocycles. The zero-order chi connectivity index (χ0) is 28.5. The molecule has 0 bridgehead atoms. The van der Waals surface area contributed by atoms with Crippen LogP contribution in [0.1, 0.15) is 5.56 Å². The zero-order valence-corrected chi connectivity index (χ0v) is 21.5. The smallest absolute Gasteiger partial charge is 0.323 e. The average Bonchev–Trinajstić information content (AvgIpc) is 2.87. The molecule has 14 heteroatoms. The van der Waals surface area contributed by atoms with E-state index in [1.54, 1.807) is 43.9 Å². The Hall–Kier alpha value is -3.14. The highest BCUT2D eigenvalue weighted by Crippen LogP contribution is 2.10. The predicted molar refractivity (Wildman–Crippen MR) is 137 cm³/mol. The van der Waals surface area contributed by atoms with Gasteiger partial charge in [0.2, 0.25) is 0 Å². The van der Waals surface area contributed by atoms with Gasteiger partial charge in [-0.15, -0.1) is 0 Å². The van der Waals surface area contributed by atoms with E-state index in [4.69, 9.17) is 15.3 Å². The molecule has 1 saturated heterocycles. The minimum absolute atomic E-state index is 0.0792. The van der Waals surface area contributed by atoms with Crippen molar-refractivity contribution in [3.05, 3.63) is 29.8 Å². The van der Waals surface area contributed by atoms with Crippen molar-refractivity contribution in [2.45, 2.75) is 12.6 Å². The summed E-state index contributed by atoms with van der Waals surface area (Å²) in [4.78, 5) is 49.6. The lowest BCUT2D eigenvalue weighted by Crippen LogP contribution is -2.52. The van der Waals surface area contributed by atoms with E-state index in [0.29, 0.717) is 45.0 Å². The van der Waals surface area contributed by atoms with Crippen LogP contribution in [0.4, 0.5) is 5.69 Å². The van der Waals surface area contributed by atoms with Gasteiger partial charge in [-0.2, -0.15) is 0 Å². The number of carboxylic acids is 3. The van der Waals surface area contributed by atoms with Gasteiger partial charge >= 0.3 is 17.9 Å². The minimum Gasteiger partial charge on any atom is -0.480 e. The SMILES string of the molecule is C=O.Nc1ccc(COCC(C(=O)O)N2CCN(CO)CCN(CC(=O)O)CCN(CC(=O)O)CC2)cc1. The maximum atomic E-state index is 12.1. The van der Waals surface area contributed by atoms with E-state index in [9.17, 15) is 34.8 Å². The first-order chi connectivity index (χ1) is 18.2. The number of anilines is 1. The number of aliphatic hydroxyl groups excluding tert-OH is 1. The van der Waals surface area contributed by atoms with Crippen molar-refractivity contribution in [3.8, 4) is 0 Å². The topological polar surface area (TPSA) is 197 Å². The molecule has 214 valence electrons. The molecule has 1 unspecified atom stereocenters. The normalized spacial score (nSPS) is 17.8. The van der Waals surface area contributed by atoms with Crippen LogP contribution in [-0.4, -0.2) is 150 Å². The van der Waals surface area contributed by atoms with Gasteiger partial charge in [0.1, 0.15) is 12.8 Å². The van der Waals surface area contributed by atoms with Gasteiger partial charge in [-0.05, 0) is 17.7 Å². The molecule has 1 aromatic carbocycles. The second kappa shape index (κ2) is 18.2. The van der Waals surface area contributed by atoms with Gasteiger partial charge in [-0.25, -0.2) is 0 Å². The minimum atomic E-state index is -1.06. The number of aliphatic hydroxyl groups is 1. The number of hydrogen-bond acceptors (Lipinski definition) is 11. The molecule has 14 nitrogen and oxygen atoms in total. The molecule has 0 aromatic heterocycles. The van der Waals surface area contributed by atoms with Gasteiger partial charge in [0.15, 0.2) is 0 Å². The van der Waals surface area contributed by atoms with Crippen molar-refractivity contribution in [2.24, 2.45) is 0 Å². The molecule has 0 saturated carbocycles. The Morgan fingerprint density at radius 1 is 0.816 bits per heavy atom. The summed E-state index contributed by atoms with van der Waals surface area (Å²) in [6.07, 6.45) is 0. The number of benzene rings is 1. The monoisotopic (exact) mass is 541 g/mol. The highest BCUT2D eigenvalue weighted by molar-refractivity contribution is 5.73. The van der Waals surface area contributed by atoms with Gasteiger partial charge in [0.25, 0.3) is 0 Å². The van der Waals surface area contributed by atoms with E-state index in [1.165, 1.54) is 0 Å². The summed E-state index contributed by atoms with van der Waals surface area (Å²) in [5.74, 6) is -3.07. The number of rotatable bonds is 11. The molecule has 1 aliphatic heterocycles. The Bertz CT molecular complexity index is 858. The summed E-state index contributed by atoms with van der Waals surface area (Å²) in [5.41, 5.74) is 7.16. The van der Waals surface area contributed by atoms with Crippen LogP contribution in [0.15, 0.2) is 24.3 Å². The molecule has 0 spiro atoms. The lowest BCUT2D eigenvalue weighted by Gasteiger charge is -2.35. The fourth-order valence-electron chi connectivity index (χ4n) is 3.94. The highest BCUT2D eigenvalue weighted by atomic mass is 16.5. The fourth-order valence-corrected chi connectivity index (χ4v) is 3.94. The van der Waals surface area contributed by atoms with Crippen LogP contribution in [0.5, 0.6) is 0 Å². The zero-order valence-electron chi connectivity index (χ0n) is 21.5. The lowest BCUT2D eigenvalue weighted by molar-refractivity contribution is -0.147. The summed E-state index contributed by atoms with van der Waals surface area (Å²) in [7, 11) is 0. The fraction of sp³-hybridized carbons (Fsp3) is 0.583. The third-order valence-electron chi connectivity index (χ3n) is 6.04. The average molecular weight is 542 g/mol. The van der Waals surface area contributed by atoms with E-state index in [-0.39, 0.29) is 46.1 Å². The Kier molecular flexibility index (Phi) is 15.7. The van der Waals surface area contributed by atoms with E-state index < -0.39 is 23.9 Å². The van der Waals surface area contributed by atoms with Crippen LogP contribution in [-0.2, 0) is 30.5 Å². The molecule has 6 N–H and O–H groups in total. The number of aliphatic carboxylic acids is 3. The molecule has 0 radical (unpaired) electrons. The number of carbonyl (C=O) groups is 4. The van der Waals surface area contributed by atoms with Crippen molar-refractivity contribution in [2.75, 3.05) is 84.5 Å². The Balaban J connectivity index is 0.00000352. The molecular weight excluding hydrogens is 502 g/mol. The summed E-state index contributed by atoms with van der Waals surface area (Å²) in [5, 5.41) is 38.2. The van der Waals surface area contributed by atoms with Crippen LogP contribution >= 0.6 is 0 Å². The first kappa shape index (κ1) is 32.9. The van der Waals surface area contributed by atoms with Gasteiger partial charge in [0.05, 0.1) is 33.0 Å². The lowest BCUT2D eigenvalue weighted by atomic mass is 10.2. The predicted octanol–water partition coefficient (Wildman–Crippen LogP) is -1.61. The van der Waals surface area contributed by atoms with Gasteiger partial charge in [-0.1, -0.05) is 12.1 Å². The summed E-state index contributed by atoms with van der Waals surface area (Å²) < 4.78 is 5.71. The molecule has 1 fully saturated rings. The quantitative estimate of drug-likeness (QED) is 0.201. The number of carboxylic acid groups (broad SMARTS) is 3. The van der Waals surface area contributed by atoms with Crippen molar-refractivity contribution < 1.29 is 44.3 Å². The molecule has 0 amide bonds. The summed E-state index contributed by atoms with van der Waals surface area (Å²) in [6, 6.07) is 6.11. The van der Waals surface area contributed by atoms with Gasteiger partial charge in [0, 0.05) is 58.0 Å². The number of carbonyl (C=O) groups excluding carboxylic acids is 1. The van der Waals surface area contributed by atoms with E-state index in [0.717, 1.165) is 5.56 Å². The molecule has 38 heavy (non-hydrogen) atoms. The van der Waals surface area contributed by atoms with Gasteiger partial charge < -0.3 is 35.7 Å². The second-order valence-electron chi connectivity index (χ2n) is 8.75. The van der Waals surface area contributed by atoms with Crippen LogP contribution in [0.2, 0.25) is 0 Å². The summed E-state index contributed by atoms with van der Waals surface area (Å²) >= 11 is 0. The largest absolute Gasteiger partial charge is 0.480 e.